The van der Waals surface area contributed by atoms with E-state index in [1.165, 1.54) is 0 Å². The van der Waals surface area contributed by atoms with Gasteiger partial charge in [-0.1, -0.05) is 35.9 Å². The average molecular weight is 415 g/mol. The van der Waals surface area contributed by atoms with E-state index < -0.39 is 24.5 Å². The van der Waals surface area contributed by atoms with Crippen molar-refractivity contribution in [2.75, 3.05) is 25.0 Å². The van der Waals surface area contributed by atoms with E-state index in [0.29, 0.717) is 11.6 Å². The SMILES string of the molecule is Cc1ccc(COC(=O)N2CCC(CNc3nc4ccccn4n3)C(F)(F)C2)cc1. The average Bonchev–Trinajstić information content (AvgIpc) is 3.14. The molecule has 1 fully saturated rings. The first kappa shape index (κ1) is 20.1. The van der Waals surface area contributed by atoms with Gasteiger partial charge in [-0.3, -0.25) is 0 Å². The summed E-state index contributed by atoms with van der Waals surface area (Å²) in [6.45, 7) is 1.60. The molecule has 0 radical (unpaired) electrons. The number of carbonyl (C=O) groups excluding carboxylic acids is 1. The number of alkyl halides is 2. The maximum absolute atomic E-state index is 14.7. The fourth-order valence-corrected chi connectivity index (χ4v) is 3.43. The zero-order valence-corrected chi connectivity index (χ0v) is 16.6. The molecule has 1 aliphatic heterocycles. The number of pyridine rings is 1. The highest BCUT2D eigenvalue weighted by Crippen LogP contribution is 2.33. The van der Waals surface area contributed by atoms with Crippen LogP contribution in [0.15, 0.2) is 48.7 Å². The van der Waals surface area contributed by atoms with Gasteiger partial charge < -0.3 is 15.0 Å². The molecule has 158 valence electrons. The van der Waals surface area contributed by atoms with Crippen molar-refractivity contribution in [3.05, 3.63) is 59.8 Å². The third kappa shape index (κ3) is 4.50. The van der Waals surface area contributed by atoms with Crippen molar-refractivity contribution in [3.8, 4) is 0 Å². The third-order valence-electron chi connectivity index (χ3n) is 5.24. The zero-order chi connectivity index (χ0) is 21.1. The van der Waals surface area contributed by atoms with E-state index in [1.54, 1.807) is 16.8 Å². The number of ether oxygens (including phenoxy) is 1. The number of aromatic nitrogens is 3. The van der Waals surface area contributed by atoms with Crippen molar-refractivity contribution < 1.29 is 18.3 Å². The molecule has 2 aromatic heterocycles. The Labute approximate surface area is 172 Å². The van der Waals surface area contributed by atoms with Gasteiger partial charge in [0.15, 0.2) is 5.65 Å². The number of hydrogen-bond donors (Lipinski definition) is 1. The Bertz CT molecular complexity index is 989. The normalized spacial score (nSPS) is 18.4. The van der Waals surface area contributed by atoms with Crippen LogP contribution < -0.4 is 5.32 Å². The topological polar surface area (TPSA) is 71.8 Å². The lowest BCUT2D eigenvalue weighted by molar-refractivity contribution is -0.102. The predicted molar refractivity (Wildman–Crippen MR) is 107 cm³/mol. The molecule has 1 aliphatic rings. The molecule has 0 bridgehead atoms. The van der Waals surface area contributed by atoms with Gasteiger partial charge in [0.25, 0.3) is 5.92 Å². The van der Waals surface area contributed by atoms with Crippen molar-refractivity contribution >= 4 is 17.7 Å². The molecule has 3 aromatic rings. The molecule has 1 saturated heterocycles. The van der Waals surface area contributed by atoms with E-state index in [1.807, 2.05) is 43.3 Å². The second kappa shape index (κ2) is 8.25. The van der Waals surface area contributed by atoms with Crippen molar-refractivity contribution in [3.63, 3.8) is 0 Å². The minimum absolute atomic E-state index is 0.0239. The lowest BCUT2D eigenvalue weighted by atomic mass is 9.93. The second-order valence-electron chi connectivity index (χ2n) is 7.53. The molecule has 9 heteroatoms. The number of aryl methyl sites for hydroxylation is 1. The van der Waals surface area contributed by atoms with E-state index in [0.717, 1.165) is 16.0 Å². The van der Waals surface area contributed by atoms with Gasteiger partial charge in [-0.25, -0.2) is 18.1 Å². The van der Waals surface area contributed by atoms with Gasteiger partial charge in [-0.05, 0) is 31.0 Å². The number of hydrogen-bond acceptors (Lipinski definition) is 5. The number of rotatable bonds is 5. The number of likely N-dealkylation sites (tertiary alicyclic amines) is 1. The number of nitrogens with zero attached hydrogens (tertiary/aromatic N) is 4. The smallest absolute Gasteiger partial charge is 0.410 e. The van der Waals surface area contributed by atoms with E-state index in [2.05, 4.69) is 15.4 Å². The summed E-state index contributed by atoms with van der Waals surface area (Å²) in [6, 6.07) is 12.9. The summed E-state index contributed by atoms with van der Waals surface area (Å²) >= 11 is 0. The van der Waals surface area contributed by atoms with Crippen LogP contribution in [-0.2, 0) is 11.3 Å². The van der Waals surface area contributed by atoms with E-state index >= 15 is 0 Å². The highest BCUT2D eigenvalue weighted by atomic mass is 19.3. The lowest BCUT2D eigenvalue weighted by Gasteiger charge is -2.37. The summed E-state index contributed by atoms with van der Waals surface area (Å²) in [5.74, 6) is -3.66. The summed E-state index contributed by atoms with van der Waals surface area (Å²) in [4.78, 5) is 17.6. The second-order valence-corrected chi connectivity index (χ2v) is 7.53. The molecule has 0 saturated carbocycles. The Morgan fingerprint density at radius 2 is 2.07 bits per heavy atom. The van der Waals surface area contributed by atoms with E-state index in [-0.39, 0.29) is 26.1 Å². The van der Waals surface area contributed by atoms with Gasteiger partial charge in [0.2, 0.25) is 5.95 Å². The molecule has 1 atom stereocenters. The van der Waals surface area contributed by atoms with Crippen LogP contribution in [0.4, 0.5) is 19.5 Å². The fourth-order valence-electron chi connectivity index (χ4n) is 3.43. The Kier molecular flexibility index (Phi) is 5.52. The largest absolute Gasteiger partial charge is 0.445 e. The molecule has 4 rings (SSSR count). The molecule has 7 nitrogen and oxygen atoms in total. The number of piperidine rings is 1. The number of fused-ring (bicyclic) bond motifs is 1. The molecule has 3 heterocycles. The van der Waals surface area contributed by atoms with Crippen molar-refractivity contribution in [1.29, 1.82) is 0 Å². The predicted octanol–water partition coefficient (Wildman–Crippen LogP) is 3.74. The van der Waals surface area contributed by atoms with Gasteiger partial charge >= 0.3 is 6.09 Å². The first-order chi connectivity index (χ1) is 14.4. The molecule has 0 aliphatic carbocycles. The van der Waals surface area contributed by atoms with Gasteiger partial charge in [-0.15, -0.1) is 5.10 Å². The number of anilines is 1. The Morgan fingerprint density at radius 1 is 1.27 bits per heavy atom. The van der Waals surface area contributed by atoms with E-state index in [9.17, 15) is 13.6 Å². The highest BCUT2D eigenvalue weighted by Gasteiger charge is 2.46. The first-order valence-corrected chi connectivity index (χ1v) is 9.81. The summed E-state index contributed by atoms with van der Waals surface area (Å²) in [5, 5.41) is 7.11. The van der Waals surface area contributed by atoms with Gasteiger partial charge in [0, 0.05) is 25.2 Å². The molecular weight excluding hydrogens is 392 g/mol. The number of carbonyl (C=O) groups is 1. The molecule has 1 aromatic carbocycles. The van der Waals surface area contributed by atoms with Crippen LogP contribution in [0, 0.1) is 12.8 Å². The third-order valence-corrected chi connectivity index (χ3v) is 5.24. The maximum Gasteiger partial charge on any atom is 0.410 e. The number of halogens is 2. The number of amides is 1. The number of benzene rings is 1. The van der Waals surface area contributed by atoms with Gasteiger partial charge in [0.05, 0.1) is 6.54 Å². The molecule has 30 heavy (non-hydrogen) atoms. The van der Waals surface area contributed by atoms with E-state index in [4.69, 9.17) is 4.74 Å². The van der Waals surface area contributed by atoms with Gasteiger partial charge in [0.1, 0.15) is 6.61 Å². The molecule has 1 unspecified atom stereocenters. The Balaban J connectivity index is 1.30. The summed E-state index contributed by atoms with van der Waals surface area (Å²) in [6.07, 6.45) is 1.18. The number of nitrogens with one attached hydrogen (secondary N) is 1. The molecule has 0 spiro atoms. The van der Waals surface area contributed by atoms with Crippen LogP contribution in [0.3, 0.4) is 0 Å². The minimum Gasteiger partial charge on any atom is -0.445 e. The summed E-state index contributed by atoms with van der Waals surface area (Å²) < 4.78 is 36.1. The van der Waals surface area contributed by atoms with Crippen LogP contribution in [0.25, 0.3) is 5.65 Å². The van der Waals surface area contributed by atoms with Crippen LogP contribution >= 0.6 is 0 Å². The Hall–Kier alpha value is -3.23. The summed E-state index contributed by atoms with van der Waals surface area (Å²) in [7, 11) is 0. The minimum atomic E-state index is -3.03. The lowest BCUT2D eigenvalue weighted by Crippen LogP contribution is -2.52. The van der Waals surface area contributed by atoms with Crippen LogP contribution in [-0.4, -0.2) is 51.1 Å². The standard InChI is InChI=1S/C21H23F2N5O2/c1-15-5-7-16(8-6-15)13-30-20(29)27-11-9-17(21(22,23)14-27)12-24-19-25-18-4-2-3-10-28(18)26-19/h2-8,10,17H,9,11-14H2,1H3,(H,24,26). The monoisotopic (exact) mass is 415 g/mol. The summed E-state index contributed by atoms with van der Waals surface area (Å²) in [5.41, 5.74) is 2.55. The first-order valence-electron chi connectivity index (χ1n) is 9.81. The molecular formula is C21H23F2N5O2. The Morgan fingerprint density at radius 3 is 2.80 bits per heavy atom. The van der Waals surface area contributed by atoms with Crippen LogP contribution in [0.1, 0.15) is 17.5 Å². The van der Waals surface area contributed by atoms with Crippen LogP contribution in [0.5, 0.6) is 0 Å². The highest BCUT2D eigenvalue weighted by molar-refractivity contribution is 5.68. The molecule has 1 amide bonds. The quantitative estimate of drug-likeness (QED) is 0.687. The maximum atomic E-state index is 14.7. The fraction of sp³-hybridized carbons (Fsp3) is 0.381. The van der Waals surface area contributed by atoms with Gasteiger partial charge in [-0.2, -0.15) is 4.98 Å². The zero-order valence-electron chi connectivity index (χ0n) is 16.6. The van der Waals surface area contributed by atoms with Crippen LogP contribution in [0.2, 0.25) is 0 Å². The molecule has 1 N–H and O–H groups in total. The van der Waals surface area contributed by atoms with Crippen molar-refractivity contribution in [2.24, 2.45) is 5.92 Å². The van der Waals surface area contributed by atoms with Crippen molar-refractivity contribution in [2.45, 2.75) is 25.9 Å². The van der Waals surface area contributed by atoms with Crippen molar-refractivity contribution in [1.82, 2.24) is 19.5 Å².